The topological polar surface area (TPSA) is 62.1 Å². The van der Waals surface area contributed by atoms with Crippen LogP contribution in [0.2, 0.25) is 0 Å². The number of alkyl halides is 2. The Morgan fingerprint density at radius 1 is 1.31 bits per heavy atom. The van der Waals surface area contributed by atoms with Crippen molar-refractivity contribution in [2.24, 2.45) is 5.92 Å². The lowest BCUT2D eigenvalue weighted by Gasteiger charge is -2.35. The molecule has 1 amide bonds. The molecular weight excluding hydrogens is 340 g/mol. The number of aromatic nitrogens is 2. The fraction of sp³-hybridized carbons (Fsp3) is 0.368. The first-order valence-electron chi connectivity index (χ1n) is 8.75. The first kappa shape index (κ1) is 15.5. The van der Waals surface area contributed by atoms with E-state index in [1.807, 2.05) is 24.3 Å². The van der Waals surface area contributed by atoms with Crippen molar-refractivity contribution in [1.29, 1.82) is 0 Å². The van der Waals surface area contributed by atoms with E-state index in [4.69, 9.17) is 4.42 Å². The van der Waals surface area contributed by atoms with Crippen LogP contribution in [-0.4, -0.2) is 33.2 Å². The molecule has 2 aliphatic rings. The maximum Gasteiger partial charge on any atom is 0.327 e. The zero-order valence-electron chi connectivity index (χ0n) is 13.9. The van der Waals surface area contributed by atoms with Gasteiger partial charge in [0.1, 0.15) is 17.4 Å². The average molecular weight is 357 g/mol. The number of carbonyl (C=O) groups is 1. The minimum absolute atomic E-state index is 0.206. The number of H-pyrrole nitrogens is 1. The van der Waals surface area contributed by atoms with Gasteiger partial charge in [0.05, 0.1) is 12.0 Å². The van der Waals surface area contributed by atoms with E-state index in [2.05, 4.69) is 9.97 Å². The Labute approximate surface area is 148 Å². The van der Waals surface area contributed by atoms with Crippen LogP contribution in [0, 0.1) is 5.92 Å². The predicted molar refractivity (Wildman–Crippen MR) is 89.7 cm³/mol. The van der Waals surface area contributed by atoms with Gasteiger partial charge in [0, 0.05) is 30.0 Å². The summed E-state index contributed by atoms with van der Waals surface area (Å²) in [4.78, 5) is 21.3. The third-order valence-corrected chi connectivity index (χ3v) is 5.28. The molecular formula is C19H17F2N3O2. The number of rotatable bonds is 3. The van der Waals surface area contributed by atoms with Crippen molar-refractivity contribution in [2.45, 2.75) is 31.2 Å². The summed E-state index contributed by atoms with van der Waals surface area (Å²) in [5.41, 5.74) is 2.09. The van der Waals surface area contributed by atoms with E-state index in [9.17, 15) is 13.6 Å². The summed E-state index contributed by atoms with van der Waals surface area (Å²) < 4.78 is 35.0. The molecule has 0 spiro atoms. The Morgan fingerprint density at radius 2 is 2.12 bits per heavy atom. The highest BCUT2D eigenvalue weighted by atomic mass is 19.3. The number of benzene rings is 1. The van der Waals surface area contributed by atoms with Crippen LogP contribution in [0.1, 0.15) is 36.0 Å². The molecule has 0 unspecified atom stereocenters. The molecule has 3 aromatic rings. The molecule has 1 aliphatic carbocycles. The van der Waals surface area contributed by atoms with Crippen LogP contribution in [0.25, 0.3) is 11.0 Å². The number of hydrogen-bond acceptors (Lipinski definition) is 3. The number of imidazole rings is 1. The molecule has 1 atom stereocenters. The molecule has 0 bridgehead atoms. The van der Waals surface area contributed by atoms with Crippen molar-refractivity contribution in [3.63, 3.8) is 0 Å². The van der Waals surface area contributed by atoms with Crippen LogP contribution in [0.3, 0.4) is 0 Å². The van der Waals surface area contributed by atoms with Gasteiger partial charge in [-0.2, -0.15) is 8.78 Å². The van der Waals surface area contributed by atoms with Crippen LogP contribution >= 0.6 is 0 Å². The molecule has 134 valence electrons. The average Bonchev–Trinajstić information content (AvgIpc) is 3.26. The normalized spacial score (nSPS) is 20.4. The number of nitrogens with zero attached hydrogens (tertiary/aromatic N) is 2. The monoisotopic (exact) mass is 357 g/mol. The van der Waals surface area contributed by atoms with Crippen molar-refractivity contribution < 1.29 is 18.0 Å². The summed E-state index contributed by atoms with van der Waals surface area (Å²) in [5.74, 6) is -4.84. The molecule has 3 heterocycles. The van der Waals surface area contributed by atoms with E-state index in [0.29, 0.717) is 36.3 Å². The molecule has 1 saturated carbocycles. The summed E-state index contributed by atoms with van der Waals surface area (Å²) in [6.07, 6.45) is 2.80. The molecule has 1 N–H and O–H groups in total. The highest BCUT2D eigenvalue weighted by molar-refractivity contribution is 5.85. The summed E-state index contributed by atoms with van der Waals surface area (Å²) in [5, 5.41) is 0.867. The fourth-order valence-electron chi connectivity index (χ4n) is 3.73. The molecule has 1 aliphatic heterocycles. The summed E-state index contributed by atoms with van der Waals surface area (Å²) >= 11 is 0. The number of aromatic amines is 1. The second kappa shape index (κ2) is 5.40. The Balaban J connectivity index is 1.61. The molecule has 1 fully saturated rings. The summed E-state index contributed by atoms with van der Waals surface area (Å²) in [6, 6.07) is 8.50. The van der Waals surface area contributed by atoms with Crippen molar-refractivity contribution in [3.05, 3.63) is 53.8 Å². The third-order valence-electron chi connectivity index (χ3n) is 5.28. The van der Waals surface area contributed by atoms with Gasteiger partial charge in [-0.1, -0.05) is 18.2 Å². The van der Waals surface area contributed by atoms with E-state index in [1.54, 1.807) is 6.07 Å². The molecule has 5 nitrogen and oxygen atoms in total. The van der Waals surface area contributed by atoms with Gasteiger partial charge in [0.2, 0.25) is 0 Å². The standard InChI is InChI=1S/C19H17F2N3O2/c20-19(21,12-5-6-12)18(25)24-8-7-13-16(23-10-22-13)17(24)15-9-11-3-1-2-4-14(11)26-15/h1-4,9-10,12,17H,5-8H2,(H,22,23)/t17-/m1/s1. The first-order chi connectivity index (χ1) is 12.6. The van der Waals surface area contributed by atoms with Gasteiger partial charge in [-0.05, 0) is 25.0 Å². The fourth-order valence-corrected chi connectivity index (χ4v) is 3.73. The zero-order chi connectivity index (χ0) is 17.9. The highest BCUT2D eigenvalue weighted by Gasteiger charge is 2.56. The van der Waals surface area contributed by atoms with Gasteiger partial charge in [-0.25, -0.2) is 4.98 Å². The van der Waals surface area contributed by atoms with E-state index in [1.165, 1.54) is 11.2 Å². The van der Waals surface area contributed by atoms with Crippen molar-refractivity contribution in [2.75, 3.05) is 6.54 Å². The predicted octanol–water partition coefficient (Wildman–Crippen LogP) is 3.68. The van der Waals surface area contributed by atoms with Crippen LogP contribution in [0.15, 0.2) is 41.1 Å². The van der Waals surface area contributed by atoms with E-state index < -0.39 is 23.8 Å². The minimum Gasteiger partial charge on any atom is -0.458 e. The number of amides is 1. The number of halogens is 2. The quantitative estimate of drug-likeness (QED) is 0.778. The first-order valence-corrected chi connectivity index (χ1v) is 8.75. The summed E-state index contributed by atoms with van der Waals surface area (Å²) in [6.45, 7) is 0.206. The smallest absolute Gasteiger partial charge is 0.327 e. The van der Waals surface area contributed by atoms with E-state index in [-0.39, 0.29) is 6.54 Å². The molecule has 0 radical (unpaired) electrons. The number of fused-ring (bicyclic) bond motifs is 2. The maximum atomic E-state index is 14.5. The second-order valence-electron chi connectivity index (χ2n) is 7.00. The van der Waals surface area contributed by atoms with Crippen LogP contribution in [0.5, 0.6) is 0 Å². The van der Waals surface area contributed by atoms with Gasteiger partial charge in [0.15, 0.2) is 0 Å². The van der Waals surface area contributed by atoms with Crippen LogP contribution in [0.4, 0.5) is 8.78 Å². The van der Waals surface area contributed by atoms with Crippen LogP contribution in [-0.2, 0) is 11.2 Å². The van der Waals surface area contributed by atoms with Crippen molar-refractivity contribution in [3.8, 4) is 0 Å². The van der Waals surface area contributed by atoms with Gasteiger partial charge in [-0.3, -0.25) is 4.79 Å². The molecule has 2 aromatic heterocycles. The van der Waals surface area contributed by atoms with Gasteiger partial charge in [0.25, 0.3) is 5.91 Å². The maximum absolute atomic E-state index is 14.5. The van der Waals surface area contributed by atoms with Crippen molar-refractivity contribution >= 4 is 16.9 Å². The Morgan fingerprint density at radius 3 is 2.88 bits per heavy atom. The number of carbonyl (C=O) groups excluding carboxylic acids is 1. The minimum atomic E-state index is -3.34. The molecule has 26 heavy (non-hydrogen) atoms. The third kappa shape index (κ3) is 2.26. The molecule has 1 aromatic carbocycles. The second-order valence-corrected chi connectivity index (χ2v) is 7.00. The van der Waals surface area contributed by atoms with Gasteiger partial charge in [-0.15, -0.1) is 0 Å². The van der Waals surface area contributed by atoms with Gasteiger partial charge < -0.3 is 14.3 Å². The van der Waals surface area contributed by atoms with Crippen molar-refractivity contribution in [1.82, 2.24) is 14.9 Å². The lowest BCUT2D eigenvalue weighted by Crippen LogP contribution is -2.49. The van der Waals surface area contributed by atoms with E-state index in [0.717, 1.165) is 11.1 Å². The Hall–Kier alpha value is -2.70. The highest BCUT2D eigenvalue weighted by Crippen LogP contribution is 2.46. The summed E-state index contributed by atoms with van der Waals surface area (Å²) in [7, 11) is 0. The molecule has 7 heteroatoms. The molecule has 0 saturated heterocycles. The Kier molecular flexibility index (Phi) is 3.23. The van der Waals surface area contributed by atoms with Crippen LogP contribution < -0.4 is 0 Å². The SMILES string of the molecule is O=C(N1CCc2[nH]cnc2[C@H]1c1cc2ccccc2o1)C(F)(F)C1CC1. The number of furan rings is 1. The number of nitrogens with one attached hydrogen (secondary N) is 1. The largest absolute Gasteiger partial charge is 0.458 e. The zero-order valence-corrected chi connectivity index (χ0v) is 13.9. The Bertz CT molecular complexity index is 957. The van der Waals surface area contributed by atoms with Gasteiger partial charge >= 0.3 is 5.92 Å². The number of para-hydroxylation sites is 1. The molecule has 5 rings (SSSR count). The lowest BCUT2D eigenvalue weighted by atomic mass is 9.98. The lowest BCUT2D eigenvalue weighted by molar-refractivity contribution is -0.163. The van der Waals surface area contributed by atoms with E-state index >= 15 is 0 Å². The number of hydrogen-bond donors (Lipinski definition) is 1.